The second-order valence-corrected chi connectivity index (χ2v) is 3.52. The summed E-state index contributed by atoms with van der Waals surface area (Å²) in [6.07, 6.45) is 0.311. The van der Waals surface area contributed by atoms with Gasteiger partial charge in [-0.1, -0.05) is 6.92 Å². The van der Waals surface area contributed by atoms with Crippen LogP contribution in [0, 0.1) is 21.4 Å². The molecule has 0 heterocycles. The van der Waals surface area contributed by atoms with Gasteiger partial charge in [-0.3, -0.25) is 14.9 Å². The van der Waals surface area contributed by atoms with Crippen molar-refractivity contribution in [2.75, 3.05) is 0 Å². The third-order valence-electron chi connectivity index (χ3n) is 2.44. The predicted octanol–water partition coefficient (Wildman–Crippen LogP) is 2.07. The predicted molar refractivity (Wildman–Crippen MR) is 61.3 cm³/mol. The molecule has 0 aliphatic heterocycles. The van der Waals surface area contributed by atoms with E-state index in [-0.39, 0.29) is 11.4 Å². The first-order chi connectivity index (χ1) is 7.97. The van der Waals surface area contributed by atoms with Crippen molar-refractivity contribution in [1.29, 1.82) is 5.41 Å². The molecule has 0 fully saturated rings. The van der Waals surface area contributed by atoms with Crippen LogP contribution in [0.3, 0.4) is 0 Å². The number of nitrogens with zero attached hydrogens (tertiary/aromatic N) is 1. The number of benzene rings is 1. The average Bonchev–Trinajstić information content (AvgIpc) is 2.29. The minimum atomic E-state index is -1.06. The molecule has 6 nitrogen and oxygen atoms in total. The molecular weight excluding hydrogens is 224 g/mol. The van der Waals surface area contributed by atoms with Crippen molar-refractivity contribution in [1.82, 2.24) is 0 Å². The highest BCUT2D eigenvalue weighted by Crippen LogP contribution is 2.16. The van der Waals surface area contributed by atoms with E-state index in [1.165, 1.54) is 24.3 Å². The monoisotopic (exact) mass is 236 g/mol. The van der Waals surface area contributed by atoms with Crippen molar-refractivity contribution in [3.63, 3.8) is 0 Å². The lowest BCUT2D eigenvalue weighted by molar-refractivity contribution is -0.384. The highest BCUT2D eigenvalue weighted by atomic mass is 16.6. The molecular formula is C11H12N2O4. The largest absolute Gasteiger partial charge is 0.481 e. The Balaban J connectivity index is 2.97. The number of carboxylic acids is 1. The molecule has 0 aromatic heterocycles. The molecule has 1 aromatic carbocycles. The summed E-state index contributed by atoms with van der Waals surface area (Å²) in [5.41, 5.74) is 0.282. The molecule has 1 aromatic rings. The molecule has 17 heavy (non-hydrogen) atoms. The van der Waals surface area contributed by atoms with Crippen LogP contribution in [0.2, 0.25) is 0 Å². The number of hydrogen-bond donors (Lipinski definition) is 2. The van der Waals surface area contributed by atoms with Crippen LogP contribution in [-0.4, -0.2) is 21.7 Å². The lowest BCUT2D eigenvalue weighted by Crippen LogP contribution is -2.23. The number of nitro benzene ring substituents is 1. The van der Waals surface area contributed by atoms with Gasteiger partial charge in [0.15, 0.2) is 0 Å². The minimum Gasteiger partial charge on any atom is -0.481 e. The van der Waals surface area contributed by atoms with Gasteiger partial charge in [0.05, 0.1) is 16.6 Å². The summed E-state index contributed by atoms with van der Waals surface area (Å²) in [6, 6.07) is 5.31. The van der Waals surface area contributed by atoms with E-state index >= 15 is 0 Å². The molecule has 0 radical (unpaired) electrons. The third kappa shape index (κ3) is 2.87. The summed E-state index contributed by atoms with van der Waals surface area (Å²) in [7, 11) is 0. The number of carboxylic acid groups (broad SMARTS) is 1. The first-order valence-corrected chi connectivity index (χ1v) is 5.03. The molecule has 1 rings (SSSR count). The molecule has 0 spiro atoms. The Morgan fingerprint density at radius 3 is 2.35 bits per heavy atom. The van der Waals surface area contributed by atoms with Crippen LogP contribution >= 0.6 is 0 Å². The molecule has 0 aliphatic carbocycles. The van der Waals surface area contributed by atoms with Gasteiger partial charge in [0.25, 0.3) is 5.69 Å². The highest BCUT2D eigenvalue weighted by Gasteiger charge is 2.22. The van der Waals surface area contributed by atoms with Crippen molar-refractivity contribution in [2.24, 2.45) is 5.92 Å². The van der Waals surface area contributed by atoms with Gasteiger partial charge < -0.3 is 10.5 Å². The molecule has 0 saturated carbocycles. The van der Waals surface area contributed by atoms with Crippen LogP contribution in [0.25, 0.3) is 0 Å². The number of non-ortho nitro benzene ring substituents is 1. The Morgan fingerprint density at radius 1 is 1.47 bits per heavy atom. The van der Waals surface area contributed by atoms with Crippen LogP contribution in [0.5, 0.6) is 0 Å². The average molecular weight is 236 g/mol. The molecule has 0 amide bonds. The molecule has 1 atom stereocenters. The molecule has 0 aliphatic rings. The topological polar surface area (TPSA) is 104 Å². The van der Waals surface area contributed by atoms with Gasteiger partial charge in [0.1, 0.15) is 0 Å². The number of aliphatic carboxylic acids is 1. The fourth-order valence-corrected chi connectivity index (χ4v) is 1.47. The SMILES string of the molecule is CC[C@H](C(=N)c1ccc([N+](=O)[O-])cc1)C(=O)O. The zero-order chi connectivity index (χ0) is 13.0. The summed E-state index contributed by atoms with van der Waals surface area (Å²) >= 11 is 0. The Morgan fingerprint density at radius 2 is 2.00 bits per heavy atom. The van der Waals surface area contributed by atoms with Crippen molar-refractivity contribution in [3.05, 3.63) is 39.9 Å². The lowest BCUT2D eigenvalue weighted by Gasteiger charge is -2.11. The van der Waals surface area contributed by atoms with E-state index in [0.717, 1.165) is 0 Å². The van der Waals surface area contributed by atoms with Gasteiger partial charge in [-0.25, -0.2) is 0 Å². The maximum Gasteiger partial charge on any atom is 0.312 e. The van der Waals surface area contributed by atoms with Gasteiger partial charge in [-0.05, 0) is 24.1 Å². The van der Waals surface area contributed by atoms with E-state index < -0.39 is 16.8 Å². The highest BCUT2D eigenvalue weighted by molar-refractivity contribution is 6.09. The maximum atomic E-state index is 10.9. The fourth-order valence-electron chi connectivity index (χ4n) is 1.47. The van der Waals surface area contributed by atoms with Gasteiger partial charge in [0.2, 0.25) is 0 Å². The van der Waals surface area contributed by atoms with E-state index in [4.69, 9.17) is 10.5 Å². The molecule has 2 N–H and O–H groups in total. The zero-order valence-electron chi connectivity index (χ0n) is 9.21. The van der Waals surface area contributed by atoms with Crippen LogP contribution < -0.4 is 0 Å². The molecule has 0 saturated heterocycles. The number of nitro groups is 1. The second-order valence-electron chi connectivity index (χ2n) is 3.52. The van der Waals surface area contributed by atoms with E-state index in [1.54, 1.807) is 6.92 Å². The van der Waals surface area contributed by atoms with E-state index in [1.807, 2.05) is 0 Å². The molecule has 6 heteroatoms. The van der Waals surface area contributed by atoms with Gasteiger partial charge >= 0.3 is 5.97 Å². The van der Waals surface area contributed by atoms with E-state index in [0.29, 0.717) is 12.0 Å². The first-order valence-electron chi connectivity index (χ1n) is 5.03. The van der Waals surface area contributed by atoms with E-state index in [9.17, 15) is 14.9 Å². The number of rotatable bonds is 5. The second kappa shape index (κ2) is 5.20. The third-order valence-corrected chi connectivity index (χ3v) is 2.44. The molecule has 90 valence electrons. The summed E-state index contributed by atoms with van der Waals surface area (Å²) in [5.74, 6) is -1.94. The van der Waals surface area contributed by atoms with Crippen molar-refractivity contribution in [3.8, 4) is 0 Å². The summed E-state index contributed by atoms with van der Waals surface area (Å²) in [4.78, 5) is 20.8. The summed E-state index contributed by atoms with van der Waals surface area (Å²) < 4.78 is 0. The zero-order valence-corrected chi connectivity index (χ0v) is 9.21. The number of carbonyl (C=O) groups is 1. The summed E-state index contributed by atoms with van der Waals surface area (Å²) in [5, 5.41) is 27.1. The standard InChI is InChI=1S/C11H12N2O4/c1-2-9(11(14)15)10(12)7-3-5-8(6-4-7)13(16)17/h3-6,9,12H,2H2,1H3,(H,14,15)/t9-/m1/s1. The van der Waals surface area contributed by atoms with Crippen molar-refractivity contribution >= 4 is 17.4 Å². The quantitative estimate of drug-likeness (QED) is 0.463. The minimum absolute atomic E-state index is 0.0325. The lowest BCUT2D eigenvalue weighted by atomic mass is 9.94. The Labute approximate surface area is 97.6 Å². The van der Waals surface area contributed by atoms with Crippen molar-refractivity contribution < 1.29 is 14.8 Å². The normalized spacial score (nSPS) is 11.8. The summed E-state index contributed by atoms with van der Waals surface area (Å²) in [6.45, 7) is 1.68. The van der Waals surface area contributed by atoms with Gasteiger partial charge in [0, 0.05) is 12.1 Å². The smallest absolute Gasteiger partial charge is 0.312 e. The molecule has 0 unspecified atom stereocenters. The number of nitrogens with one attached hydrogen (secondary N) is 1. The van der Waals surface area contributed by atoms with Crippen LogP contribution in [0.4, 0.5) is 5.69 Å². The van der Waals surface area contributed by atoms with Crippen LogP contribution in [0.1, 0.15) is 18.9 Å². The van der Waals surface area contributed by atoms with Crippen LogP contribution in [-0.2, 0) is 4.79 Å². The Bertz CT molecular complexity index is 453. The molecule has 0 bridgehead atoms. The van der Waals surface area contributed by atoms with Gasteiger partial charge in [-0.15, -0.1) is 0 Å². The Kier molecular flexibility index (Phi) is 3.92. The first kappa shape index (κ1) is 12.8. The number of hydrogen-bond acceptors (Lipinski definition) is 4. The van der Waals surface area contributed by atoms with Gasteiger partial charge in [-0.2, -0.15) is 0 Å². The maximum absolute atomic E-state index is 10.9. The van der Waals surface area contributed by atoms with Crippen LogP contribution in [0.15, 0.2) is 24.3 Å². The van der Waals surface area contributed by atoms with E-state index in [2.05, 4.69) is 0 Å². The fraction of sp³-hybridized carbons (Fsp3) is 0.273. The van der Waals surface area contributed by atoms with Crippen molar-refractivity contribution in [2.45, 2.75) is 13.3 Å². The Hall–Kier alpha value is -2.24.